The molecule has 0 N–H and O–H groups in total. The van der Waals surface area contributed by atoms with Crippen molar-refractivity contribution in [3.63, 3.8) is 0 Å². The van der Waals surface area contributed by atoms with Gasteiger partial charge in [-0.15, -0.1) is 0 Å². The van der Waals surface area contributed by atoms with E-state index >= 15 is 0 Å². The number of ketones is 2. The summed E-state index contributed by atoms with van der Waals surface area (Å²) in [4.78, 5) is 25.8. The van der Waals surface area contributed by atoms with Gasteiger partial charge in [0.15, 0.2) is 14.1 Å². The van der Waals surface area contributed by atoms with Crippen LogP contribution in [0.25, 0.3) is 0 Å². The van der Waals surface area contributed by atoms with E-state index in [1.807, 2.05) is 0 Å². The number of unbranched alkanes of at least 4 members (excludes halogenated alkanes) is 3. The largest absolute Gasteiger partial charge is 0.417 e. The molecule has 160 valence electrons. The van der Waals surface area contributed by atoms with Crippen LogP contribution < -0.4 is 0 Å². The molecule has 3 atom stereocenters. The van der Waals surface area contributed by atoms with E-state index in [1.54, 1.807) is 0 Å². The van der Waals surface area contributed by atoms with Crippen molar-refractivity contribution >= 4 is 19.9 Å². The third-order valence-corrected chi connectivity index (χ3v) is 11.9. The van der Waals surface area contributed by atoms with Crippen LogP contribution in [0.5, 0.6) is 0 Å². The van der Waals surface area contributed by atoms with E-state index in [0.717, 1.165) is 31.3 Å². The predicted octanol–water partition coefficient (Wildman–Crippen LogP) is 6.48. The van der Waals surface area contributed by atoms with Crippen LogP contribution in [0.2, 0.25) is 18.1 Å². The number of Topliss-reactive ketones (excluding diaryl/α,β-unsaturated/α-hetero) is 2. The molecule has 0 spiro atoms. The van der Waals surface area contributed by atoms with Crippen LogP contribution >= 0.6 is 0 Å². The second kappa shape index (κ2) is 9.84. The van der Waals surface area contributed by atoms with E-state index in [9.17, 15) is 9.59 Å². The molecule has 0 aliphatic heterocycles. The molecule has 2 bridgehead atoms. The van der Waals surface area contributed by atoms with Gasteiger partial charge in [-0.2, -0.15) is 0 Å². The Kier molecular flexibility index (Phi) is 8.27. The van der Waals surface area contributed by atoms with Crippen molar-refractivity contribution in [2.75, 3.05) is 6.61 Å². The monoisotopic (exact) mass is 406 g/mol. The molecular weight excluding hydrogens is 364 g/mol. The normalized spacial score (nSPS) is 26.2. The molecule has 1 fully saturated rings. The molecule has 0 saturated heterocycles. The Hall–Kier alpha value is -0.743. The minimum atomic E-state index is -1.81. The molecule has 0 radical (unpaired) electrons. The predicted molar refractivity (Wildman–Crippen MR) is 119 cm³/mol. The Balaban J connectivity index is 2.13. The van der Waals surface area contributed by atoms with Crippen molar-refractivity contribution < 1.29 is 14.0 Å². The van der Waals surface area contributed by atoms with Crippen molar-refractivity contribution in [1.82, 2.24) is 0 Å². The zero-order valence-electron chi connectivity index (χ0n) is 19.1. The van der Waals surface area contributed by atoms with Crippen LogP contribution in [0.1, 0.15) is 85.5 Å². The minimum absolute atomic E-state index is 0.129. The van der Waals surface area contributed by atoms with E-state index in [0.29, 0.717) is 18.9 Å². The molecule has 0 heterocycles. The first-order valence-corrected chi connectivity index (χ1v) is 14.4. The molecule has 2 aliphatic rings. The summed E-state index contributed by atoms with van der Waals surface area (Å²) in [6.07, 6.45) is 11.3. The quantitative estimate of drug-likeness (QED) is 0.250. The molecule has 3 nitrogen and oxygen atoms in total. The first-order chi connectivity index (χ1) is 13.1. The Morgan fingerprint density at radius 3 is 2.43 bits per heavy atom. The van der Waals surface area contributed by atoms with Crippen LogP contribution in [0.3, 0.4) is 0 Å². The second-order valence-electron chi connectivity index (χ2n) is 10.4. The number of rotatable bonds is 9. The van der Waals surface area contributed by atoms with E-state index in [-0.39, 0.29) is 22.5 Å². The summed E-state index contributed by atoms with van der Waals surface area (Å²) in [6.45, 7) is 14.2. The van der Waals surface area contributed by atoms with Gasteiger partial charge in [-0.1, -0.05) is 59.5 Å². The molecule has 3 unspecified atom stereocenters. The maximum Gasteiger partial charge on any atom is 0.191 e. The molecule has 28 heavy (non-hydrogen) atoms. The minimum Gasteiger partial charge on any atom is -0.417 e. The molecule has 1 saturated carbocycles. The van der Waals surface area contributed by atoms with Gasteiger partial charge in [0.05, 0.1) is 5.92 Å². The lowest BCUT2D eigenvalue weighted by molar-refractivity contribution is -0.134. The van der Waals surface area contributed by atoms with Crippen molar-refractivity contribution in [1.29, 1.82) is 0 Å². The fraction of sp³-hybridized carbons (Fsp3) is 0.833. The number of hydrogen-bond donors (Lipinski definition) is 0. The average molecular weight is 407 g/mol. The van der Waals surface area contributed by atoms with Crippen molar-refractivity contribution in [2.24, 2.45) is 17.8 Å². The molecule has 0 aromatic carbocycles. The Labute approximate surface area is 173 Å². The summed E-state index contributed by atoms with van der Waals surface area (Å²) in [7, 11) is -1.81. The third-order valence-electron chi connectivity index (χ3n) is 7.32. The summed E-state index contributed by atoms with van der Waals surface area (Å²) in [5.74, 6) is 0.406. The fourth-order valence-corrected chi connectivity index (χ4v) is 5.52. The lowest BCUT2D eigenvalue weighted by atomic mass is 9.68. The van der Waals surface area contributed by atoms with Gasteiger partial charge in [-0.25, -0.2) is 0 Å². The lowest BCUT2D eigenvalue weighted by Gasteiger charge is -2.38. The summed E-state index contributed by atoms with van der Waals surface area (Å²) in [5.41, 5.74) is 0.943. The Morgan fingerprint density at radius 1 is 1.07 bits per heavy atom. The van der Waals surface area contributed by atoms with Gasteiger partial charge >= 0.3 is 0 Å². The molecule has 2 rings (SSSR count). The molecular formula is C24H42O3Si. The maximum atomic E-state index is 13.0. The highest BCUT2D eigenvalue weighted by Gasteiger charge is 2.44. The first kappa shape index (κ1) is 23.5. The van der Waals surface area contributed by atoms with E-state index in [2.05, 4.69) is 46.9 Å². The van der Waals surface area contributed by atoms with Gasteiger partial charge in [-0.05, 0) is 61.2 Å². The molecule has 0 aromatic rings. The van der Waals surface area contributed by atoms with Crippen LogP contribution in [-0.4, -0.2) is 26.5 Å². The van der Waals surface area contributed by atoms with Crippen LogP contribution in [0.15, 0.2) is 11.6 Å². The van der Waals surface area contributed by atoms with Gasteiger partial charge < -0.3 is 4.43 Å². The number of fused-ring (bicyclic) bond motifs is 2. The van der Waals surface area contributed by atoms with E-state index in [4.69, 9.17) is 4.43 Å². The highest BCUT2D eigenvalue weighted by atomic mass is 28.4. The number of allylic oxidation sites excluding steroid dienone is 2. The molecule has 4 heteroatoms. The summed E-state index contributed by atoms with van der Waals surface area (Å²) >= 11 is 0. The highest BCUT2D eigenvalue weighted by molar-refractivity contribution is 6.74. The van der Waals surface area contributed by atoms with Crippen molar-refractivity contribution in [3.05, 3.63) is 11.6 Å². The molecule has 2 aliphatic carbocycles. The molecule has 0 amide bonds. The SMILES string of the molecule is CCCCCCC1C=C2CCCC(=O)C(C2=O)C1CCO[Si](C)(C)C(C)(C)C. The van der Waals surface area contributed by atoms with Gasteiger partial charge in [0.2, 0.25) is 0 Å². The standard InChI is InChI=1S/C24H42O3Si/c1-7-8-9-10-12-18-17-19-13-11-14-21(25)22(23(19)26)20(18)15-16-27-28(5,6)24(2,3)4/h17-18,20,22H,7-16H2,1-6H3. The fourth-order valence-electron chi connectivity index (χ4n) is 4.46. The third kappa shape index (κ3) is 5.66. The Bertz CT molecular complexity index is 585. The number of carbonyl (C=O) groups excluding carboxylic acids is 2. The Morgan fingerprint density at radius 2 is 1.79 bits per heavy atom. The van der Waals surface area contributed by atoms with Crippen molar-refractivity contribution in [2.45, 2.75) is 104 Å². The average Bonchev–Trinajstić information content (AvgIpc) is 2.68. The summed E-state index contributed by atoms with van der Waals surface area (Å²) in [6, 6.07) is 0. The van der Waals surface area contributed by atoms with Crippen molar-refractivity contribution in [3.8, 4) is 0 Å². The summed E-state index contributed by atoms with van der Waals surface area (Å²) < 4.78 is 6.42. The smallest absolute Gasteiger partial charge is 0.191 e. The number of hydrogen-bond acceptors (Lipinski definition) is 3. The van der Waals surface area contributed by atoms with Gasteiger partial charge in [0, 0.05) is 13.0 Å². The summed E-state index contributed by atoms with van der Waals surface area (Å²) in [5, 5.41) is 0.181. The van der Waals surface area contributed by atoms with E-state index in [1.165, 1.54) is 25.7 Å². The highest BCUT2D eigenvalue weighted by Crippen LogP contribution is 2.42. The van der Waals surface area contributed by atoms with Crippen LogP contribution in [0.4, 0.5) is 0 Å². The van der Waals surface area contributed by atoms with E-state index < -0.39 is 14.2 Å². The van der Waals surface area contributed by atoms with Gasteiger partial charge in [-0.3, -0.25) is 9.59 Å². The topological polar surface area (TPSA) is 43.4 Å². The first-order valence-electron chi connectivity index (χ1n) is 11.5. The van der Waals surface area contributed by atoms with Gasteiger partial charge in [0.25, 0.3) is 0 Å². The zero-order valence-corrected chi connectivity index (χ0v) is 20.1. The zero-order chi connectivity index (χ0) is 20.9. The van der Waals surface area contributed by atoms with Crippen LogP contribution in [-0.2, 0) is 14.0 Å². The molecule has 0 aromatic heterocycles. The lowest BCUT2D eigenvalue weighted by Crippen LogP contribution is -2.43. The van der Waals surface area contributed by atoms with Crippen LogP contribution in [0, 0.1) is 17.8 Å². The van der Waals surface area contributed by atoms with Gasteiger partial charge in [0.1, 0.15) is 5.78 Å². The number of carbonyl (C=O) groups is 2. The maximum absolute atomic E-state index is 13.0. The second-order valence-corrected chi connectivity index (χ2v) is 15.2.